The maximum Gasteiger partial charge on any atom is 0.164 e. The van der Waals surface area contributed by atoms with Crippen LogP contribution in [-0.4, -0.2) is 19.3 Å². The molecule has 0 amide bonds. The van der Waals surface area contributed by atoms with Gasteiger partial charge < -0.3 is 20.0 Å². The zero-order chi connectivity index (χ0) is 18.1. The molecule has 0 radical (unpaired) electrons. The number of fused-ring (bicyclic) bond motifs is 1. The van der Waals surface area contributed by atoms with Gasteiger partial charge in [0, 0.05) is 11.6 Å². The van der Waals surface area contributed by atoms with E-state index in [1.165, 1.54) is 16.3 Å². The molecule has 1 aliphatic rings. The molecule has 1 unspecified atom stereocenters. The molecular formula is C21H20N2O3. The molecule has 0 bridgehead atoms. The normalized spacial score (nSPS) is 16.2. The Balaban J connectivity index is 1.74. The van der Waals surface area contributed by atoms with E-state index >= 15 is 0 Å². The van der Waals surface area contributed by atoms with Crippen LogP contribution in [0.5, 0.6) is 17.2 Å². The number of hydrogen-bond donors (Lipinski definition) is 3. The number of nitrogens with one attached hydrogen (secondary N) is 2. The van der Waals surface area contributed by atoms with Gasteiger partial charge >= 0.3 is 0 Å². The van der Waals surface area contributed by atoms with Gasteiger partial charge in [0.25, 0.3) is 0 Å². The first-order valence-electron chi connectivity index (χ1n) is 8.37. The van der Waals surface area contributed by atoms with Gasteiger partial charge in [0.05, 0.1) is 26.0 Å². The largest absolute Gasteiger partial charge is 0.507 e. The predicted octanol–water partition coefficient (Wildman–Crippen LogP) is 3.75. The Bertz CT molecular complexity index is 992. The van der Waals surface area contributed by atoms with Crippen molar-refractivity contribution in [2.24, 2.45) is 0 Å². The van der Waals surface area contributed by atoms with Crippen LogP contribution in [-0.2, 0) is 0 Å². The molecule has 132 valence electrons. The third-order valence-electron chi connectivity index (χ3n) is 4.65. The molecule has 3 N–H and O–H groups in total. The van der Waals surface area contributed by atoms with Gasteiger partial charge in [-0.05, 0) is 28.5 Å². The number of methoxy groups -OCH3 is 2. The zero-order valence-electron chi connectivity index (χ0n) is 14.6. The smallest absolute Gasteiger partial charge is 0.164 e. The summed E-state index contributed by atoms with van der Waals surface area (Å²) in [6.45, 7) is 0. The first-order valence-corrected chi connectivity index (χ1v) is 8.37. The number of phenolic OH excluding ortho intramolecular Hbond substituents is 1. The molecule has 5 heteroatoms. The van der Waals surface area contributed by atoms with Gasteiger partial charge in [-0.15, -0.1) is 0 Å². The van der Waals surface area contributed by atoms with Crippen molar-refractivity contribution in [3.8, 4) is 17.2 Å². The molecule has 0 saturated heterocycles. The fourth-order valence-electron chi connectivity index (χ4n) is 3.34. The minimum Gasteiger partial charge on any atom is -0.507 e. The van der Waals surface area contributed by atoms with Crippen molar-refractivity contribution < 1.29 is 14.6 Å². The Morgan fingerprint density at radius 1 is 0.923 bits per heavy atom. The number of aromatic hydroxyl groups is 1. The molecule has 1 aliphatic heterocycles. The summed E-state index contributed by atoms with van der Waals surface area (Å²) < 4.78 is 10.6. The first-order chi connectivity index (χ1) is 12.7. The van der Waals surface area contributed by atoms with Crippen LogP contribution < -0.4 is 20.3 Å². The average Bonchev–Trinajstić information content (AvgIpc) is 3.17. The van der Waals surface area contributed by atoms with E-state index in [0.717, 1.165) is 5.70 Å². The zero-order valence-corrected chi connectivity index (χ0v) is 14.6. The summed E-state index contributed by atoms with van der Waals surface area (Å²) in [5.41, 5.74) is 9.07. The van der Waals surface area contributed by atoms with Crippen molar-refractivity contribution in [3.63, 3.8) is 0 Å². The molecule has 0 fully saturated rings. The lowest BCUT2D eigenvalue weighted by atomic mass is 9.98. The third-order valence-corrected chi connectivity index (χ3v) is 4.65. The van der Waals surface area contributed by atoms with Crippen molar-refractivity contribution >= 4 is 16.5 Å². The molecular weight excluding hydrogens is 328 g/mol. The van der Waals surface area contributed by atoms with Crippen LogP contribution in [0.2, 0.25) is 0 Å². The van der Waals surface area contributed by atoms with Crippen LogP contribution >= 0.6 is 0 Å². The number of hydrogen-bond acceptors (Lipinski definition) is 5. The molecule has 0 saturated carbocycles. The maximum absolute atomic E-state index is 10.4. The van der Waals surface area contributed by atoms with Crippen LogP contribution in [0.15, 0.2) is 60.7 Å². The molecule has 26 heavy (non-hydrogen) atoms. The molecule has 0 aromatic heterocycles. The maximum atomic E-state index is 10.4. The molecule has 4 rings (SSSR count). The van der Waals surface area contributed by atoms with E-state index in [0.29, 0.717) is 17.1 Å². The van der Waals surface area contributed by atoms with Gasteiger partial charge in [-0.2, -0.15) is 0 Å². The minimum absolute atomic E-state index is 0.0106. The van der Waals surface area contributed by atoms with Crippen molar-refractivity contribution in [3.05, 3.63) is 71.8 Å². The second-order valence-corrected chi connectivity index (χ2v) is 6.12. The Labute approximate surface area is 151 Å². The van der Waals surface area contributed by atoms with Crippen LogP contribution in [0.1, 0.15) is 17.2 Å². The Morgan fingerprint density at radius 2 is 1.65 bits per heavy atom. The summed E-state index contributed by atoms with van der Waals surface area (Å²) in [4.78, 5) is 0. The second kappa shape index (κ2) is 6.61. The Morgan fingerprint density at radius 3 is 2.46 bits per heavy atom. The van der Waals surface area contributed by atoms with E-state index in [2.05, 4.69) is 47.3 Å². The van der Waals surface area contributed by atoms with Crippen LogP contribution in [0.25, 0.3) is 16.5 Å². The summed E-state index contributed by atoms with van der Waals surface area (Å²) >= 11 is 0. The monoisotopic (exact) mass is 348 g/mol. The lowest BCUT2D eigenvalue weighted by Crippen LogP contribution is -2.26. The number of phenols is 1. The Hall–Kier alpha value is -3.18. The average molecular weight is 348 g/mol. The van der Waals surface area contributed by atoms with Gasteiger partial charge in [-0.25, -0.2) is 5.43 Å². The number of rotatable bonds is 4. The fourth-order valence-corrected chi connectivity index (χ4v) is 3.34. The van der Waals surface area contributed by atoms with Crippen molar-refractivity contribution in [2.45, 2.75) is 6.04 Å². The van der Waals surface area contributed by atoms with E-state index in [9.17, 15) is 5.11 Å². The summed E-state index contributed by atoms with van der Waals surface area (Å²) in [5, 5.41) is 12.8. The standard InChI is InChI=1S/C21H20N2O3/c1-25-20-10-16(19(24)12-21(20)26-2)18-11-17(22-23-18)15-9-5-7-13-6-3-4-8-14(13)15/h3-12,17,22-24H,1-2H3. The summed E-state index contributed by atoms with van der Waals surface area (Å²) in [7, 11) is 3.12. The molecule has 0 aliphatic carbocycles. The van der Waals surface area contributed by atoms with Crippen LogP contribution in [0.3, 0.4) is 0 Å². The Kier molecular flexibility index (Phi) is 4.14. The van der Waals surface area contributed by atoms with Gasteiger partial charge in [0.2, 0.25) is 0 Å². The van der Waals surface area contributed by atoms with E-state index in [4.69, 9.17) is 9.47 Å². The summed E-state index contributed by atoms with van der Waals surface area (Å²) in [6.07, 6.45) is 2.06. The number of hydrazine groups is 1. The number of ether oxygens (including phenoxy) is 2. The molecule has 3 aromatic rings. The van der Waals surface area contributed by atoms with Crippen LogP contribution in [0, 0.1) is 0 Å². The lowest BCUT2D eigenvalue weighted by Gasteiger charge is -2.13. The lowest BCUT2D eigenvalue weighted by molar-refractivity contribution is 0.351. The van der Waals surface area contributed by atoms with Crippen molar-refractivity contribution in [1.82, 2.24) is 10.9 Å². The summed E-state index contributed by atoms with van der Waals surface area (Å²) in [6, 6.07) is 17.9. The van der Waals surface area contributed by atoms with Gasteiger partial charge in [-0.3, -0.25) is 0 Å². The quantitative estimate of drug-likeness (QED) is 0.670. The third kappa shape index (κ3) is 2.72. The van der Waals surface area contributed by atoms with E-state index in [1.54, 1.807) is 26.4 Å². The van der Waals surface area contributed by atoms with E-state index in [1.807, 2.05) is 12.1 Å². The molecule has 5 nitrogen and oxygen atoms in total. The molecule has 1 heterocycles. The highest BCUT2D eigenvalue weighted by Crippen LogP contribution is 2.38. The second-order valence-electron chi connectivity index (χ2n) is 6.12. The molecule has 1 atom stereocenters. The topological polar surface area (TPSA) is 62.8 Å². The summed E-state index contributed by atoms with van der Waals surface area (Å²) in [5.74, 6) is 1.18. The van der Waals surface area contributed by atoms with Crippen LogP contribution in [0.4, 0.5) is 0 Å². The predicted molar refractivity (Wildman–Crippen MR) is 102 cm³/mol. The molecule has 0 spiro atoms. The fraction of sp³-hybridized carbons (Fsp3) is 0.143. The highest BCUT2D eigenvalue weighted by molar-refractivity contribution is 5.87. The molecule has 3 aromatic carbocycles. The van der Waals surface area contributed by atoms with E-state index in [-0.39, 0.29) is 11.8 Å². The first kappa shape index (κ1) is 16.3. The van der Waals surface area contributed by atoms with Gasteiger partial charge in [0.15, 0.2) is 11.5 Å². The van der Waals surface area contributed by atoms with Crippen molar-refractivity contribution in [1.29, 1.82) is 0 Å². The highest BCUT2D eigenvalue weighted by Gasteiger charge is 2.22. The van der Waals surface area contributed by atoms with Crippen molar-refractivity contribution in [2.75, 3.05) is 14.2 Å². The van der Waals surface area contributed by atoms with Gasteiger partial charge in [-0.1, -0.05) is 42.5 Å². The highest BCUT2D eigenvalue weighted by atomic mass is 16.5. The SMILES string of the molecule is COc1cc(O)c(C2=CC(c3cccc4ccccc34)NN2)cc1OC. The van der Waals surface area contributed by atoms with Gasteiger partial charge in [0.1, 0.15) is 5.75 Å². The number of benzene rings is 3. The minimum atomic E-state index is -0.0106. The van der Waals surface area contributed by atoms with E-state index < -0.39 is 0 Å².